The molecule has 94 valence electrons. The number of esters is 1. The van der Waals surface area contributed by atoms with Gasteiger partial charge >= 0.3 is 5.97 Å². The Kier molecular flexibility index (Phi) is 6.84. The highest BCUT2D eigenvalue weighted by Gasteiger charge is 2.28. The minimum atomic E-state index is -0.158. The average Bonchev–Trinajstić information content (AvgIpc) is 3.07. The largest absolute Gasteiger partial charge is 0.465 e. The Morgan fingerprint density at radius 2 is 2.31 bits per heavy atom. The van der Waals surface area contributed by atoms with Crippen molar-refractivity contribution < 1.29 is 14.3 Å². The predicted octanol–water partition coefficient (Wildman–Crippen LogP) is 1.05. The summed E-state index contributed by atoms with van der Waals surface area (Å²) in [4.78, 5) is 11.6. The molecule has 0 bridgehead atoms. The van der Waals surface area contributed by atoms with Gasteiger partial charge in [0.15, 0.2) is 0 Å². The van der Waals surface area contributed by atoms with E-state index in [1.165, 1.54) is 12.8 Å². The van der Waals surface area contributed by atoms with E-state index in [4.69, 9.17) is 9.47 Å². The Balaban J connectivity index is 2.22. The number of ether oxygens (including phenoxy) is 2. The molecule has 1 unspecified atom stereocenters. The van der Waals surface area contributed by atoms with Crippen molar-refractivity contribution in [2.24, 2.45) is 0 Å². The molecule has 5 heteroatoms. The smallest absolute Gasteiger partial charge is 0.323 e. The van der Waals surface area contributed by atoms with Gasteiger partial charge in [0.2, 0.25) is 0 Å². The molecule has 16 heavy (non-hydrogen) atoms. The van der Waals surface area contributed by atoms with Gasteiger partial charge in [-0.05, 0) is 19.8 Å². The van der Waals surface area contributed by atoms with E-state index in [9.17, 15) is 4.79 Å². The molecule has 0 aliphatic heterocycles. The molecule has 1 atom stereocenters. The van der Waals surface area contributed by atoms with Crippen LogP contribution in [0, 0.1) is 0 Å². The van der Waals surface area contributed by atoms with E-state index >= 15 is 0 Å². The van der Waals surface area contributed by atoms with Gasteiger partial charge in [-0.25, -0.2) is 0 Å². The Morgan fingerprint density at radius 3 is 2.88 bits per heavy atom. The summed E-state index contributed by atoms with van der Waals surface area (Å²) in [6.07, 6.45) is 2.36. The topological polar surface area (TPSA) is 47.6 Å². The summed E-state index contributed by atoms with van der Waals surface area (Å²) in [6, 6.07) is 0.367. The monoisotopic (exact) mass is 247 g/mol. The molecule has 4 nitrogen and oxygen atoms in total. The molecule has 0 heterocycles. The fraction of sp³-hybridized carbons (Fsp3) is 0.909. The number of hydrogen-bond acceptors (Lipinski definition) is 5. The Bertz CT molecular complexity index is 209. The zero-order valence-corrected chi connectivity index (χ0v) is 10.8. The lowest BCUT2D eigenvalue weighted by molar-refractivity contribution is -0.145. The summed E-state index contributed by atoms with van der Waals surface area (Å²) in [6.45, 7) is 3.01. The van der Waals surface area contributed by atoms with Gasteiger partial charge in [0.1, 0.15) is 6.04 Å². The van der Waals surface area contributed by atoms with Gasteiger partial charge in [0.25, 0.3) is 0 Å². The number of hydrogen-bond donors (Lipinski definition) is 1. The molecule has 0 spiro atoms. The zero-order valence-electron chi connectivity index (χ0n) is 10.0. The van der Waals surface area contributed by atoms with Gasteiger partial charge < -0.3 is 14.8 Å². The highest BCUT2D eigenvalue weighted by Crippen LogP contribution is 2.20. The number of rotatable bonds is 9. The summed E-state index contributed by atoms with van der Waals surface area (Å²) in [5.41, 5.74) is 0. The third kappa shape index (κ3) is 5.72. The quantitative estimate of drug-likeness (QED) is 0.487. The Hall–Kier alpha value is -0.260. The van der Waals surface area contributed by atoms with E-state index in [1.54, 1.807) is 18.9 Å². The summed E-state index contributed by atoms with van der Waals surface area (Å²) in [5.74, 6) is 1.55. The molecular weight excluding hydrogens is 226 g/mol. The fourth-order valence-electron chi connectivity index (χ4n) is 1.31. The van der Waals surface area contributed by atoms with Crippen molar-refractivity contribution in [1.82, 2.24) is 5.32 Å². The summed E-state index contributed by atoms with van der Waals surface area (Å²) >= 11 is 1.72. The van der Waals surface area contributed by atoms with Crippen LogP contribution in [0.2, 0.25) is 0 Å². The van der Waals surface area contributed by atoms with Crippen molar-refractivity contribution in [1.29, 1.82) is 0 Å². The number of carbonyl (C=O) groups excluding carboxylic acids is 1. The molecule has 1 aliphatic carbocycles. The van der Waals surface area contributed by atoms with E-state index in [-0.39, 0.29) is 12.0 Å². The summed E-state index contributed by atoms with van der Waals surface area (Å²) < 4.78 is 10.0. The lowest BCUT2D eigenvalue weighted by Gasteiger charge is -2.16. The van der Waals surface area contributed by atoms with Crippen LogP contribution in [0.15, 0.2) is 0 Å². The van der Waals surface area contributed by atoms with Crippen molar-refractivity contribution in [3.05, 3.63) is 0 Å². The normalized spacial score (nSPS) is 17.1. The highest BCUT2D eigenvalue weighted by molar-refractivity contribution is 7.99. The van der Waals surface area contributed by atoms with E-state index in [0.717, 1.165) is 18.1 Å². The van der Waals surface area contributed by atoms with Gasteiger partial charge in [0.05, 0.1) is 13.2 Å². The predicted molar refractivity (Wildman–Crippen MR) is 65.8 cm³/mol. The van der Waals surface area contributed by atoms with Crippen LogP contribution in [0.1, 0.15) is 19.8 Å². The highest BCUT2D eigenvalue weighted by atomic mass is 32.2. The first-order valence-electron chi connectivity index (χ1n) is 5.77. The van der Waals surface area contributed by atoms with Crippen LogP contribution in [0.4, 0.5) is 0 Å². The van der Waals surface area contributed by atoms with Gasteiger partial charge in [-0.1, -0.05) is 0 Å². The second-order valence-corrected chi connectivity index (χ2v) is 4.96. The molecule has 1 N–H and O–H groups in total. The molecule has 1 rings (SSSR count). The van der Waals surface area contributed by atoms with E-state index in [2.05, 4.69) is 5.32 Å². The van der Waals surface area contributed by atoms with Crippen molar-refractivity contribution in [3.8, 4) is 0 Å². The van der Waals surface area contributed by atoms with Crippen LogP contribution in [0.25, 0.3) is 0 Å². The summed E-state index contributed by atoms with van der Waals surface area (Å²) in [7, 11) is 1.69. The van der Waals surface area contributed by atoms with Gasteiger partial charge in [0, 0.05) is 24.7 Å². The first-order valence-corrected chi connectivity index (χ1v) is 6.92. The van der Waals surface area contributed by atoms with Crippen molar-refractivity contribution in [2.45, 2.75) is 31.8 Å². The number of carbonyl (C=O) groups is 1. The molecule has 1 fully saturated rings. The average molecular weight is 247 g/mol. The third-order valence-electron chi connectivity index (χ3n) is 2.30. The maximum absolute atomic E-state index is 11.6. The minimum absolute atomic E-state index is 0.126. The number of nitrogens with one attached hydrogen (secondary N) is 1. The Morgan fingerprint density at radius 1 is 1.56 bits per heavy atom. The van der Waals surface area contributed by atoms with Crippen LogP contribution in [-0.2, 0) is 14.3 Å². The van der Waals surface area contributed by atoms with E-state index in [0.29, 0.717) is 12.6 Å². The first-order chi connectivity index (χ1) is 7.77. The maximum Gasteiger partial charge on any atom is 0.323 e. The molecule has 0 aromatic heterocycles. The molecule has 0 radical (unpaired) electrons. The van der Waals surface area contributed by atoms with E-state index < -0.39 is 0 Å². The molecule has 0 saturated heterocycles. The van der Waals surface area contributed by atoms with Crippen molar-refractivity contribution >= 4 is 17.7 Å². The minimum Gasteiger partial charge on any atom is -0.465 e. The van der Waals surface area contributed by atoms with Crippen molar-refractivity contribution in [3.63, 3.8) is 0 Å². The van der Waals surface area contributed by atoms with Crippen LogP contribution in [0.3, 0.4) is 0 Å². The molecule has 0 aromatic carbocycles. The first kappa shape index (κ1) is 13.8. The molecule has 1 saturated carbocycles. The number of methoxy groups -OCH3 is 1. The fourth-order valence-corrected chi connectivity index (χ4v) is 2.22. The molecule has 0 amide bonds. The lowest BCUT2D eigenvalue weighted by atomic mass is 10.3. The SMILES string of the molecule is CCOC(=O)C(CSCCOC)NC1CC1. The van der Waals surface area contributed by atoms with Crippen LogP contribution in [-0.4, -0.2) is 49.9 Å². The maximum atomic E-state index is 11.6. The third-order valence-corrected chi connectivity index (χ3v) is 3.33. The second kappa shape index (κ2) is 7.92. The van der Waals surface area contributed by atoms with Gasteiger partial charge in [-0.15, -0.1) is 0 Å². The summed E-state index contributed by atoms with van der Waals surface area (Å²) in [5, 5.41) is 3.32. The second-order valence-electron chi connectivity index (χ2n) is 3.81. The molecule has 0 aromatic rings. The molecular formula is C11H21NO3S. The van der Waals surface area contributed by atoms with Crippen molar-refractivity contribution in [2.75, 3.05) is 31.8 Å². The number of thioether (sulfide) groups is 1. The van der Waals surface area contributed by atoms with Crippen LogP contribution < -0.4 is 5.32 Å². The van der Waals surface area contributed by atoms with Crippen LogP contribution >= 0.6 is 11.8 Å². The molecule has 1 aliphatic rings. The lowest BCUT2D eigenvalue weighted by Crippen LogP contribution is -2.41. The standard InChI is InChI=1S/C11H21NO3S/c1-3-15-11(13)10(12-9-4-5-9)8-16-7-6-14-2/h9-10,12H,3-8H2,1-2H3. The zero-order chi connectivity index (χ0) is 11.8. The van der Waals surface area contributed by atoms with E-state index in [1.807, 2.05) is 6.92 Å². The van der Waals surface area contributed by atoms with Gasteiger partial charge in [-0.2, -0.15) is 11.8 Å². The Labute approximate surface area is 101 Å². The van der Waals surface area contributed by atoms with Crippen LogP contribution in [0.5, 0.6) is 0 Å². The van der Waals surface area contributed by atoms with Gasteiger partial charge in [-0.3, -0.25) is 4.79 Å².